The van der Waals surface area contributed by atoms with Crippen molar-refractivity contribution in [2.75, 3.05) is 20.2 Å². The quantitative estimate of drug-likeness (QED) is 0.756. The molecule has 0 bridgehead atoms. The molecule has 1 fully saturated rings. The Morgan fingerprint density at radius 1 is 1.50 bits per heavy atom. The van der Waals surface area contributed by atoms with Gasteiger partial charge in [0.1, 0.15) is 11.5 Å². The molecule has 0 aliphatic carbocycles. The maximum Gasteiger partial charge on any atom is 0.160 e. The normalized spacial score (nSPS) is 19.8. The molecular weight excluding hydrogens is 274 g/mol. The Morgan fingerprint density at radius 3 is 2.90 bits per heavy atom. The molecule has 1 saturated heterocycles. The molecule has 2 rings (SSSR count). The van der Waals surface area contributed by atoms with Crippen LogP contribution in [0.5, 0.6) is 5.75 Å². The molecule has 0 spiro atoms. The molecule has 0 radical (unpaired) electrons. The molecule has 0 N–H and O–H groups in total. The topological polar surface area (TPSA) is 38.2 Å². The van der Waals surface area contributed by atoms with Crippen LogP contribution in [0.1, 0.15) is 50.5 Å². The summed E-state index contributed by atoms with van der Waals surface area (Å²) in [7, 11) is 2.18. The van der Waals surface area contributed by atoms with Crippen molar-refractivity contribution < 1.29 is 4.74 Å². The van der Waals surface area contributed by atoms with Gasteiger partial charge in [-0.25, -0.2) is 9.97 Å². The van der Waals surface area contributed by atoms with Gasteiger partial charge in [-0.3, -0.25) is 0 Å². The average Bonchev–Trinajstić information content (AvgIpc) is 2.84. The van der Waals surface area contributed by atoms with E-state index in [2.05, 4.69) is 35.8 Å². The maximum absolute atomic E-state index is 5.96. The number of likely N-dealkylation sites (tertiary alicyclic amines) is 1. The lowest BCUT2D eigenvalue weighted by Gasteiger charge is -2.19. The van der Waals surface area contributed by atoms with Gasteiger partial charge < -0.3 is 9.64 Å². The van der Waals surface area contributed by atoms with Gasteiger partial charge >= 0.3 is 0 Å². The van der Waals surface area contributed by atoms with Crippen molar-refractivity contribution in [3.05, 3.63) is 17.7 Å². The predicted molar refractivity (Wildman–Crippen MR) is 81.4 cm³/mol. The van der Waals surface area contributed by atoms with E-state index in [4.69, 9.17) is 16.3 Å². The number of rotatable bonds is 6. The summed E-state index contributed by atoms with van der Waals surface area (Å²) in [5.74, 6) is 2.22. The van der Waals surface area contributed by atoms with Gasteiger partial charge in [0.05, 0.1) is 18.7 Å². The van der Waals surface area contributed by atoms with E-state index >= 15 is 0 Å². The first-order valence-electron chi connectivity index (χ1n) is 7.36. The number of alkyl halides is 1. The lowest BCUT2D eigenvalue weighted by Crippen LogP contribution is -2.26. The van der Waals surface area contributed by atoms with Crippen molar-refractivity contribution in [3.63, 3.8) is 0 Å². The first-order chi connectivity index (χ1) is 9.61. The fourth-order valence-electron chi connectivity index (χ4n) is 2.56. The smallest absolute Gasteiger partial charge is 0.160 e. The van der Waals surface area contributed by atoms with Gasteiger partial charge in [-0.1, -0.05) is 13.8 Å². The minimum Gasteiger partial charge on any atom is -0.490 e. The summed E-state index contributed by atoms with van der Waals surface area (Å²) in [4.78, 5) is 11.2. The standard InChI is InChI=1S/C15H24ClN3O/c1-11(2)15-17-10-14(13(9-16)18-15)20-8-6-12-5-4-7-19(12)3/h10-12H,4-9H2,1-3H3. The molecule has 1 unspecified atom stereocenters. The Labute approximate surface area is 126 Å². The van der Waals surface area contributed by atoms with Crippen LogP contribution in [-0.2, 0) is 5.88 Å². The predicted octanol–water partition coefficient (Wildman–Crippen LogP) is 3.20. The third-order valence-corrected chi connectivity index (χ3v) is 4.12. The third-order valence-electron chi connectivity index (χ3n) is 3.87. The van der Waals surface area contributed by atoms with Gasteiger partial charge in [0.2, 0.25) is 0 Å². The molecule has 20 heavy (non-hydrogen) atoms. The maximum atomic E-state index is 5.96. The molecule has 0 saturated carbocycles. The van der Waals surface area contributed by atoms with Gasteiger partial charge in [0, 0.05) is 12.0 Å². The molecule has 112 valence electrons. The first-order valence-corrected chi connectivity index (χ1v) is 7.90. The highest BCUT2D eigenvalue weighted by Gasteiger charge is 2.20. The Balaban J connectivity index is 1.91. The highest BCUT2D eigenvalue weighted by atomic mass is 35.5. The lowest BCUT2D eigenvalue weighted by molar-refractivity contribution is 0.231. The number of hydrogen-bond acceptors (Lipinski definition) is 4. The Kier molecular flexibility index (Phi) is 5.61. The summed E-state index contributed by atoms with van der Waals surface area (Å²) in [5, 5.41) is 0. The second-order valence-electron chi connectivity index (χ2n) is 5.74. The number of ether oxygens (including phenoxy) is 1. The van der Waals surface area contributed by atoms with Crippen LogP contribution in [0.3, 0.4) is 0 Å². The monoisotopic (exact) mass is 297 g/mol. The summed E-state index contributed by atoms with van der Waals surface area (Å²) in [6, 6.07) is 0.644. The highest BCUT2D eigenvalue weighted by molar-refractivity contribution is 6.17. The Morgan fingerprint density at radius 2 is 2.30 bits per heavy atom. The van der Waals surface area contributed by atoms with E-state index in [1.54, 1.807) is 6.20 Å². The van der Waals surface area contributed by atoms with E-state index in [1.807, 2.05) is 0 Å². The van der Waals surface area contributed by atoms with Crippen molar-refractivity contribution in [1.29, 1.82) is 0 Å². The van der Waals surface area contributed by atoms with Crippen molar-refractivity contribution in [3.8, 4) is 5.75 Å². The van der Waals surface area contributed by atoms with Gasteiger partial charge in [-0.15, -0.1) is 11.6 Å². The van der Waals surface area contributed by atoms with Crippen LogP contribution < -0.4 is 4.74 Å². The van der Waals surface area contributed by atoms with E-state index in [9.17, 15) is 0 Å². The van der Waals surface area contributed by atoms with Gasteiger partial charge in [0.25, 0.3) is 0 Å². The lowest BCUT2D eigenvalue weighted by atomic mass is 10.1. The van der Waals surface area contributed by atoms with Crippen LogP contribution in [0.2, 0.25) is 0 Å². The minimum atomic E-state index is 0.304. The van der Waals surface area contributed by atoms with E-state index in [0.717, 1.165) is 23.7 Å². The fourth-order valence-corrected chi connectivity index (χ4v) is 2.76. The molecule has 1 aliphatic heterocycles. The van der Waals surface area contributed by atoms with E-state index < -0.39 is 0 Å². The summed E-state index contributed by atoms with van der Waals surface area (Å²) in [6.45, 7) is 6.04. The Bertz CT molecular complexity index is 439. The molecule has 4 nitrogen and oxygen atoms in total. The molecule has 0 aromatic carbocycles. The van der Waals surface area contributed by atoms with Crippen LogP contribution in [0, 0.1) is 0 Å². The largest absolute Gasteiger partial charge is 0.490 e. The number of halogens is 1. The minimum absolute atomic E-state index is 0.304. The molecule has 2 heterocycles. The second-order valence-corrected chi connectivity index (χ2v) is 6.01. The molecule has 1 aliphatic rings. The summed E-state index contributed by atoms with van der Waals surface area (Å²) in [6.07, 6.45) is 5.37. The van der Waals surface area contributed by atoms with E-state index in [1.165, 1.54) is 19.4 Å². The molecular formula is C15H24ClN3O. The third kappa shape index (κ3) is 3.83. The molecule has 1 aromatic rings. The first kappa shape index (κ1) is 15.5. The summed E-state index contributed by atoms with van der Waals surface area (Å²) >= 11 is 5.96. The van der Waals surface area contributed by atoms with Crippen LogP contribution in [0.15, 0.2) is 6.20 Å². The van der Waals surface area contributed by atoms with Crippen LogP contribution in [0.25, 0.3) is 0 Å². The van der Waals surface area contributed by atoms with E-state index in [0.29, 0.717) is 24.4 Å². The molecule has 0 amide bonds. The highest BCUT2D eigenvalue weighted by Crippen LogP contribution is 2.22. The van der Waals surface area contributed by atoms with Crippen molar-refractivity contribution >= 4 is 11.6 Å². The summed E-state index contributed by atoms with van der Waals surface area (Å²) < 4.78 is 5.84. The van der Waals surface area contributed by atoms with E-state index in [-0.39, 0.29) is 0 Å². The van der Waals surface area contributed by atoms with Crippen molar-refractivity contribution in [1.82, 2.24) is 14.9 Å². The van der Waals surface area contributed by atoms with Gasteiger partial charge in [-0.05, 0) is 32.9 Å². The zero-order chi connectivity index (χ0) is 14.5. The van der Waals surface area contributed by atoms with Crippen LogP contribution in [0.4, 0.5) is 0 Å². The molecule has 1 atom stereocenters. The molecule has 5 heteroatoms. The number of aromatic nitrogens is 2. The average molecular weight is 298 g/mol. The fraction of sp³-hybridized carbons (Fsp3) is 0.733. The van der Waals surface area contributed by atoms with Gasteiger partial charge in [-0.2, -0.15) is 0 Å². The van der Waals surface area contributed by atoms with Crippen LogP contribution in [-0.4, -0.2) is 41.1 Å². The van der Waals surface area contributed by atoms with Crippen molar-refractivity contribution in [2.45, 2.75) is 50.9 Å². The zero-order valence-corrected chi connectivity index (χ0v) is 13.4. The summed E-state index contributed by atoms with van der Waals surface area (Å²) in [5.41, 5.74) is 0.796. The Hall–Kier alpha value is -0.870. The van der Waals surface area contributed by atoms with Crippen LogP contribution >= 0.6 is 11.6 Å². The number of hydrogen-bond donors (Lipinski definition) is 0. The zero-order valence-electron chi connectivity index (χ0n) is 12.6. The van der Waals surface area contributed by atoms with Gasteiger partial charge in [0.15, 0.2) is 5.75 Å². The SMILES string of the molecule is CC(C)c1ncc(OCCC2CCCN2C)c(CCl)n1. The van der Waals surface area contributed by atoms with Crippen molar-refractivity contribution in [2.24, 2.45) is 0 Å². The number of nitrogens with zero attached hydrogens (tertiary/aromatic N) is 3. The second kappa shape index (κ2) is 7.23. The molecule has 1 aromatic heterocycles.